The number of carbonyl (C=O) groups is 1. The van der Waals surface area contributed by atoms with Gasteiger partial charge in [0.15, 0.2) is 0 Å². The molecule has 1 aliphatic rings. The third-order valence-corrected chi connectivity index (χ3v) is 3.38. The maximum absolute atomic E-state index is 12.1. The van der Waals surface area contributed by atoms with Crippen LogP contribution in [-0.4, -0.2) is 53.9 Å². The van der Waals surface area contributed by atoms with Crippen LogP contribution in [0, 0.1) is 0 Å². The molecule has 0 aliphatic carbocycles. The zero-order valence-electron chi connectivity index (χ0n) is 12.2. The quantitative estimate of drug-likeness (QED) is 0.675. The molecule has 1 amide bonds. The first-order valence-electron chi connectivity index (χ1n) is 7.25. The zero-order valence-corrected chi connectivity index (χ0v) is 12.2. The summed E-state index contributed by atoms with van der Waals surface area (Å²) in [6.45, 7) is 5.70. The van der Waals surface area contributed by atoms with Crippen LogP contribution in [0.4, 0.5) is 0 Å². The SMILES string of the molecule is CC1(C)CN(C(=O)CCCCCCN)CC(CO)O1. The van der Waals surface area contributed by atoms with E-state index in [4.69, 9.17) is 10.5 Å². The van der Waals surface area contributed by atoms with Crippen molar-refractivity contribution in [3.05, 3.63) is 0 Å². The first-order chi connectivity index (χ1) is 8.98. The fourth-order valence-corrected chi connectivity index (χ4v) is 2.51. The monoisotopic (exact) mass is 272 g/mol. The number of rotatable bonds is 7. The number of aliphatic hydroxyl groups excluding tert-OH is 1. The fraction of sp³-hybridized carbons (Fsp3) is 0.929. The molecule has 3 N–H and O–H groups in total. The second kappa shape index (κ2) is 7.82. The van der Waals surface area contributed by atoms with E-state index in [-0.39, 0.29) is 24.2 Å². The summed E-state index contributed by atoms with van der Waals surface area (Å²) in [7, 11) is 0. The molecular weight excluding hydrogens is 244 g/mol. The van der Waals surface area contributed by atoms with Gasteiger partial charge in [-0.05, 0) is 33.2 Å². The molecule has 0 spiro atoms. The van der Waals surface area contributed by atoms with E-state index >= 15 is 0 Å². The van der Waals surface area contributed by atoms with Crippen LogP contribution in [0.15, 0.2) is 0 Å². The highest BCUT2D eigenvalue weighted by Crippen LogP contribution is 2.21. The first-order valence-corrected chi connectivity index (χ1v) is 7.25. The minimum atomic E-state index is -0.374. The number of aliphatic hydroxyl groups is 1. The van der Waals surface area contributed by atoms with Crippen LogP contribution in [0.1, 0.15) is 46.0 Å². The maximum Gasteiger partial charge on any atom is 0.222 e. The Bertz CT molecular complexity index is 282. The molecule has 0 aromatic rings. The molecule has 1 aliphatic heterocycles. The summed E-state index contributed by atoms with van der Waals surface area (Å²) < 4.78 is 5.70. The molecule has 0 bridgehead atoms. The molecular formula is C14H28N2O3. The molecule has 5 nitrogen and oxygen atoms in total. The predicted octanol–water partition coefficient (Wildman–Crippen LogP) is 0.894. The van der Waals surface area contributed by atoms with Crippen molar-refractivity contribution in [3.8, 4) is 0 Å². The highest BCUT2D eigenvalue weighted by Gasteiger charge is 2.34. The Hall–Kier alpha value is -0.650. The molecule has 1 rings (SSSR count). The van der Waals surface area contributed by atoms with E-state index in [0.717, 1.165) is 32.2 Å². The van der Waals surface area contributed by atoms with Crippen LogP contribution in [0.2, 0.25) is 0 Å². The molecule has 1 saturated heterocycles. The highest BCUT2D eigenvalue weighted by molar-refractivity contribution is 5.76. The number of hydrogen-bond acceptors (Lipinski definition) is 4. The summed E-state index contributed by atoms with van der Waals surface area (Å²) in [5.74, 6) is 0.169. The van der Waals surface area contributed by atoms with Gasteiger partial charge in [0, 0.05) is 19.5 Å². The molecule has 1 atom stereocenters. The van der Waals surface area contributed by atoms with Crippen LogP contribution < -0.4 is 5.73 Å². The normalized spacial score (nSPS) is 22.5. The van der Waals surface area contributed by atoms with Crippen LogP contribution in [0.25, 0.3) is 0 Å². The molecule has 5 heteroatoms. The number of nitrogens with zero attached hydrogens (tertiary/aromatic N) is 1. The van der Waals surface area contributed by atoms with Gasteiger partial charge in [0.2, 0.25) is 5.91 Å². The van der Waals surface area contributed by atoms with Crippen molar-refractivity contribution in [1.29, 1.82) is 0 Å². The van der Waals surface area contributed by atoms with E-state index in [1.54, 1.807) is 0 Å². The molecule has 1 unspecified atom stereocenters. The number of morpholine rings is 1. The van der Waals surface area contributed by atoms with Crippen LogP contribution in [0.3, 0.4) is 0 Å². The lowest BCUT2D eigenvalue weighted by Crippen LogP contribution is -2.55. The standard InChI is InChI=1S/C14H28N2O3/c1-14(2)11-16(9-12(10-17)19-14)13(18)7-5-3-4-6-8-15/h12,17H,3-11,15H2,1-2H3. The van der Waals surface area contributed by atoms with Crippen molar-refractivity contribution in [2.75, 3.05) is 26.2 Å². The molecule has 1 heterocycles. The van der Waals surface area contributed by atoms with Gasteiger partial charge in [0.05, 0.1) is 18.3 Å². The summed E-state index contributed by atoms with van der Waals surface area (Å²) in [6, 6.07) is 0. The minimum absolute atomic E-state index is 0.0380. The van der Waals surface area contributed by atoms with Gasteiger partial charge in [-0.25, -0.2) is 0 Å². The molecule has 0 radical (unpaired) electrons. The second-order valence-corrected chi connectivity index (χ2v) is 5.91. The maximum atomic E-state index is 12.1. The lowest BCUT2D eigenvalue weighted by atomic mass is 10.0. The van der Waals surface area contributed by atoms with Gasteiger partial charge in [0.25, 0.3) is 0 Å². The Morgan fingerprint density at radius 2 is 2.05 bits per heavy atom. The smallest absolute Gasteiger partial charge is 0.222 e. The van der Waals surface area contributed by atoms with Crippen molar-refractivity contribution >= 4 is 5.91 Å². The van der Waals surface area contributed by atoms with Gasteiger partial charge >= 0.3 is 0 Å². The van der Waals surface area contributed by atoms with E-state index in [1.807, 2.05) is 18.7 Å². The number of ether oxygens (including phenoxy) is 1. The zero-order chi connectivity index (χ0) is 14.3. The minimum Gasteiger partial charge on any atom is -0.394 e. The van der Waals surface area contributed by atoms with E-state index in [2.05, 4.69) is 0 Å². The van der Waals surface area contributed by atoms with Crippen molar-refractivity contribution in [2.24, 2.45) is 5.73 Å². The van der Waals surface area contributed by atoms with Crippen molar-refractivity contribution in [3.63, 3.8) is 0 Å². The largest absolute Gasteiger partial charge is 0.394 e. The Balaban J connectivity index is 2.34. The van der Waals surface area contributed by atoms with Crippen LogP contribution in [0.5, 0.6) is 0 Å². The number of hydrogen-bond donors (Lipinski definition) is 2. The number of amides is 1. The van der Waals surface area contributed by atoms with Gasteiger partial charge < -0.3 is 20.5 Å². The average molecular weight is 272 g/mol. The Kier molecular flexibility index (Phi) is 6.75. The van der Waals surface area contributed by atoms with E-state index in [9.17, 15) is 9.90 Å². The third kappa shape index (κ3) is 5.89. The number of unbranched alkanes of at least 4 members (excludes halogenated alkanes) is 3. The first kappa shape index (κ1) is 16.4. The van der Waals surface area contributed by atoms with Gasteiger partial charge in [-0.15, -0.1) is 0 Å². The Labute approximate surface area is 116 Å². The van der Waals surface area contributed by atoms with Crippen molar-refractivity contribution in [1.82, 2.24) is 4.90 Å². The lowest BCUT2D eigenvalue weighted by molar-refractivity contribution is -0.167. The second-order valence-electron chi connectivity index (χ2n) is 5.91. The fourth-order valence-electron chi connectivity index (χ4n) is 2.51. The third-order valence-electron chi connectivity index (χ3n) is 3.38. The number of carbonyl (C=O) groups excluding carboxylic acids is 1. The number of nitrogens with two attached hydrogens (primary N) is 1. The summed E-state index contributed by atoms with van der Waals surface area (Å²) in [5.41, 5.74) is 5.06. The van der Waals surface area contributed by atoms with Gasteiger partial charge in [-0.2, -0.15) is 0 Å². The van der Waals surface area contributed by atoms with E-state index < -0.39 is 0 Å². The molecule has 0 aromatic carbocycles. The van der Waals surface area contributed by atoms with Crippen molar-refractivity contribution < 1.29 is 14.6 Å². The topological polar surface area (TPSA) is 75.8 Å². The highest BCUT2D eigenvalue weighted by atomic mass is 16.5. The molecule has 112 valence electrons. The van der Waals surface area contributed by atoms with Crippen LogP contribution >= 0.6 is 0 Å². The Morgan fingerprint density at radius 3 is 2.68 bits per heavy atom. The summed E-state index contributed by atoms with van der Waals surface area (Å²) in [5, 5.41) is 9.22. The van der Waals surface area contributed by atoms with Gasteiger partial charge in [-0.1, -0.05) is 12.8 Å². The predicted molar refractivity (Wildman–Crippen MR) is 74.8 cm³/mol. The summed E-state index contributed by atoms with van der Waals surface area (Å²) in [4.78, 5) is 14.0. The lowest BCUT2D eigenvalue weighted by Gasteiger charge is -2.42. The van der Waals surface area contributed by atoms with Gasteiger partial charge in [0.1, 0.15) is 0 Å². The van der Waals surface area contributed by atoms with E-state index in [0.29, 0.717) is 19.5 Å². The molecule has 0 aromatic heterocycles. The average Bonchev–Trinajstić information content (AvgIpc) is 2.36. The Morgan fingerprint density at radius 1 is 1.37 bits per heavy atom. The molecule has 1 fully saturated rings. The van der Waals surface area contributed by atoms with Crippen LogP contribution in [-0.2, 0) is 9.53 Å². The van der Waals surface area contributed by atoms with Gasteiger partial charge in [-0.3, -0.25) is 4.79 Å². The summed E-state index contributed by atoms with van der Waals surface area (Å²) in [6.07, 6.45) is 4.42. The molecule has 19 heavy (non-hydrogen) atoms. The molecule has 0 saturated carbocycles. The summed E-state index contributed by atoms with van der Waals surface area (Å²) >= 11 is 0. The van der Waals surface area contributed by atoms with E-state index in [1.165, 1.54) is 0 Å². The van der Waals surface area contributed by atoms with Crippen molar-refractivity contribution in [2.45, 2.75) is 57.7 Å².